The molecule has 5 aromatic rings. The van der Waals surface area contributed by atoms with Gasteiger partial charge in [0.2, 0.25) is 0 Å². The zero-order valence-corrected chi connectivity index (χ0v) is 27.9. The zero-order chi connectivity index (χ0) is 33.4. The first-order chi connectivity index (χ1) is 23.3. The molecule has 0 spiro atoms. The van der Waals surface area contributed by atoms with Gasteiger partial charge in [0.05, 0.1) is 0 Å². The fourth-order valence-electron chi connectivity index (χ4n) is 4.27. The normalized spacial score (nSPS) is 14.4. The predicted molar refractivity (Wildman–Crippen MR) is 184 cm³/mol. The average molecular weight is 693 g/mol. The van der Waals surface area contributed by atoms with Crippen molar-refractivity contribution in [1.29, 1.82) is 0 Å². The molecule has 5 aromatic carbocycles. The molecule has 5 nitrogen and oxygen atoms in total. The van der Waals surface area contributed by atoms with Gasteiger partial charge in [-0.05, 0) is 72.9 Å². The van der Waals surface area contributed by atoms with Crippen LogP contribution in [0.25, 0.3) is 0 Å². The van der Waals surface area contributed by atoms with Crippen LogP contribution in [-0.4, -0.2) is 0 Å². The molecule has 0 aliphatic heterocycles. The van der Waals surface area contributed by atoms with Crippen molar-refractivity contribution in [2.24, 2.45) is 5.92 Å². The smallest absolute Gasteiger partial charge is 0.409 e. The number of benzene rings is 5. The molecule has 0 bridgehead atoms. The minimum atomic E-state index is -1.59. The fraction of sp³-hybridized carbons (Fsp3) is 0.0732. The van der Waals surface area contributed by atoms with Crippen LogP contribution >= 0.6 is 8.60 Å². The molecule has 0 N–H and O–H groups in total. The third kappa shape index (κ3) is 14.9. The fourth-order valence-corrected chi connectivity index (χ4v) is 5.26. The molecule has 2 unspecified atom stereocenters. The molecular weight excluding hydrogens is 659 g/mol. The van der Waals surface area contributed by atoms with E-state index >= 15 is 0 Å². The molecular formula is C41H33FeO5P+. The van der Waals surface area contributed by atoms with E-state index in [1.165, 1.54) is 5.56 Å². The average Bonchev–Trinajstić information content (AvgIpc) is 3.41. The van der Waals surface area contributed by atoms with Crippen LogP contribution in [0.2, 0.25) is 0 Å². The van der Waals surface area contributed by atoms with Crippen LogP contribution in [-0.2, 0) is 26.4 Å². The summed E-state index contributed by atoms with van der Waals surface area (Å²) in [5, 5.41) is 0. The predicted octanol–water partition coefficient (Wildman–Crippen LogP) is 10.0. The molecule has 0 amide bonds. The van der Waals surface area contributed by atoms with Crippen LogP contribution in [0, 0.1) is 56.7 Å². The minimum absolute atomic E-state index is 0. The van der Waals surface area contributed by atoms with Gasteiger partial charge >= 0.3 is 48.3 Å². The van der Waals surface area contributed by atoms with Gasteiger partial charge < -0.3 is 20.0 Å². The van der Waals surface area contributed by atoms with E-state index in [9.17, 15) is 0 Å². The summed E-state index contributed by atoms with van der Waals surface area (Å²) in [5.41, 5.74) is 2.45. The molecule has 0 heterocycles. The summed E-state index contributed by atoms with van der Waals surface area (Å²) >= 11 is 0. The molecule has 0 aromatic heterocycles. The largest absolute Gasteiger partial charge is 2.00 e. The number of para-hydroxylation sites is 3. The monoisotopic (exact) mass is 692 g/mol. The van der Waals surface area contributed by atoms with Gasteiger partial charge in [-0.15, -0.1) is 5.92 Å². The van der Waals surface area contributed by atoms with Gasteiger partial charge in [-0.3, -0.25) is 0 Å². The van der Waals surface area contributed by atoms with E-state index in [1.807, 2.05) is 121 Å². The van der Waals surface area contributed by atoms with E-state index in [2.05, 4.69) is 81.2 Å². The van der Waals surface area contributed by atoms with Crippen molar-refractivity contribution >= 4 is 8.60 Å². The van der Waals surface area contributed by atoms with Crippen molar-refractivity contribution in [3.63, 3.8) is 0 Å². The van der Waals surface area contributed by atoms with Crippen molar-refractivity contribution in [1.82, 2.24) is 0 Å². The summed E-state index contributed by atoms with van der Waals surface area (Å²) in [5.74, 6) is 9.41. The molecule has 3 radical (unpaired) electrons. The van der Waals surface area contributed by atoms with E-state index in [-0.39, 0.29) is 23.0 Å². The van der Waals surface area contributed by atoms with Crippen molar-refractivity contribution in [3.8, 4) is 29.1 Å². The second-order valence-corrected chi connectivity index (χ2v) is 10.7. The Morgan fingerprint density at radius 1 is 0.562 bits per heavy atom. The third-order valence-electron chi connectivity index (χ3n) is 6.46. The SMILES string of the molecule is C(#CC1[CH][CH][CH]C(c2ccccc2)C[CH-]1)c1ccccc1.[C-]#[O+].[C-]#[O+].[Fe+2].c1ccc(OP(Oc2ccccc2)Oc2ccccc2)cc1. The summed E-state index contributed by atoms with van der Waals surface area (Å²) in [6.07, 6.45) is 9.96. The van der Waals surface area contributed by atoms with E-state index in [0.29, 0.717) is 23.2 Å². The second-order valence-electron chi connectivity index (χ2n) is 9.66. The Hall–Kier alpha value is -4.51. The maximum absolute atomic E-state index is 7.50. The molecule has 1 aliphatic rings. The molecule has 7 heteroatoms. The van der Waals surface area contributed by atoms with Crippen LogP contribution in [0.3, 0.4) is 0 Å². The van der Waals surface area contributed by atoms with E-state index in [1.54, 1.807) is 0 Å². The van der Waals surface area contributed by atoms with E-state index in [4.69, 9.17) is 22.9 Å². The second kappa shape index (κ2) is 24.6. The first-order valence-electron chi connectivity index (χ1n) is 14.7. The molecule has 1 saturated carbocycles. The molecule has 1 aliphatic carbocycles. The van der Waals surface area contributed by atoms with Crippen molar-refractivity contribution < 1.29 is 39.9 Å². The van der Waals surface area contributed by atoms with Crippen molar-refractivity contribution in [2.75, 3.05) is 0 Å². The Labute approximate surface area is 296 Å². The van der Waals surface area contributed by atoms with Gasteiger partial charge in [0, 0.05) is 5.56 Å². The summed E-state index contributed by atoms with van der Waals surface area (Å²) in [6.45, 7) is 9.00. The summed E-state index contributed by atoms with van der Waals surface area (Å²) < 4.78 is 32.5. The first-order valence-corrected chi connectivity index (χ1v) is 15.8. The number of hydrogen-bond acceptors (Lipinski definition) is 3. The summed E-state index contributed by atoms with van der Waals surface area (Å²) in [4.78, 5) is 0. The Kier molecular flexibility index (Phi) is 20.4. The Balaban J connectivity index is 0.000000297. The Morgan fingerprint density at radius 3 is 1.40 bits per heavy atom. The van der Waals surface area contributed by atoms with Gasteiger partial charge in [-0.1, -0.05) is 121 Å². The molecule has 239 valence electrons. The van der Waals surface area contributed by atoms with Gasteiger partial charge in [0.25, 0.3) is 0 Å². The van der Waals surface area contributed by atoms with Crippen molar-refractivity contribution in [3.05, 3.63) is 202 Å². The van der Waals surface area contributed by atoms with Crippen LogP contribution in [0.1, 0.15) is 23.5 Å². The van der Waals surface area contributed by atoms with Gasteiger partial charge in [-0.25, -0.2) is 0 Å². The maximum atomic E-state index is 7.50. The molecule has 6 rings (SSSR count). The van der Waals surface area contributed by atoms with Crippen molar-refractivity contribution in [2.45, 2.75) is 12.3 Å². The minimum Gasteiger partial charge on any atom is -0.409 e. The quantitative estimate of drug-likeness (QED) is 0.0426. The zero-order valence-electron chi connectivity index (χ0n) is 25.9. The first kappa shape index (κ1) is 39.7. The van der Waals surface area contributed by atoms with E-state index < -0.39 is 8.60 Å². The third-order valence-corrected chi connectivity index (χ3v) is 7.54. The van der Waals surface area contributed by atoms with Gasteiger partial charge in [0.15, 0.2) is 0 Å². The standard InChI is InChI=1S/C21H18.C18H15O3P.2CO.Fe/c1-3-8-18(9-4-1)14-15-19-10-7-13-21(17-16-19)20-11-5-2-6-12-20;1-4-10-16(11-5-1)19-22(20-17-12-6-2-7-13-17)21-18-14-8-3-9-15-18;2*1-2;/h1-13,16,19,21H,17H2;1-15H;;;/q-1;;;;+2. The van der Waals surface area contributed by atoms with E-state index in [0.717, 1.165) is 12.0 Å². The number of hydrogen-bond donors (Lipinski definition) is 0. The molecule has 48 heavy (non-hydrogen) atoms. The topological polar surface area (TPSA) is 67.5 Å². The summed E-state index contributed by atoms with van der Waals surface area (Å²) in [7, 11) is -1.59. The van der Waals surface area contributed by atoms with Crippen LogP contribution in [0.4, 0.5) is 0 Å². The van der Waals surface area contributed by atoms with Gasteiger partial charge in [0.1, 0.15) is 17.2 Å². The summed E-state index contributed by atoms with van der Waals surface area (Å²) in [6, 6.07) is 49.3. The van der Waals surface area contributed by atoms with Crippen LogP contribution in [0.15, 0.2) is 152 Å². The van der Waals surface area contributed by atoms with Crippen LogP contribution < -0.4 is 13.6 Å². The molecule has 1 fully saturated rings. The number of rotatable bonds is 7. The molecule has 0 saturated heterocycles. The molecule has 2 atom stereocenters. The maximum Gasteiger partial charge on any atom is 2.00 e. The Morgan fingerprint density at radius 2 is 0.958 bits per heavy atom. The van der Waals surface area contributed by atoms with Crippen LogP contribution in [0.5, 0.6) is 17.2 Å². The Bertz CT molecular complexity index is 1520. The van der Waals surface area contributed by atoms with Gasteiger partial charge in [-0.2, -0.15) is 6.42 Å².